The summed E-state index contributed by atoms with van der Waals surface area (Å²) in [5.41, 5.74) is 4.15. The number of carbonyl (C=O) groups is 1. The number of benzene rings is 2. The van der Waals surface area contributed by atoms with Crippen LogP contribution in [0.2, 0.25) is 0 Å². The molecule has 3 rings (SSSR count). The topological polar surface area (TPSA) is 30.2 Å². The minimum absolute atomic E-state index is 0.0814. The fourth-order valence-corrected chi connectivity index (χ4v) is 2.80. The monoisotopic (exact) mass is 304 g/mol. The quantitative estimate of drug-likeness (QED) is 0.603. The maximum Gasteiger partial charge on any atom is 0.159 e. The Morgan fingerprint density at radius 1 is 0.957 bits per heavy atom. The zero-order valence-corrected chi connectivity index (χ0v) is 13.5. The molecule has 0 atom stereocenters. The minimum Gasteiger partial charge on any atom is -0.466 e. The Balaban J connectivity index is 1.88. The first kappa shape index (κ1) is 15.3. The Kier molecular flexibility index (Phi) is 4.42. The maximum absolute atomic E-state index is 11.6. The number of furan rings is 1. The Morgan fingerprint density at radius 2 is 1.74 bits per heavy atom. The van der Waals surface area contributed by atoms with Crippen LogP contribution in [0.3, 0.4) is 0 Å². The van der Waals surface area contributed by atoms with E-state index in [0.29, 0.717) is 0 Å². The van der Waals surface area contributed by atoms with Crippen molar-refractivity contribution < 1.29 is 9.21 Å². The van der Waals surface area contributed by atoms with Gasteiger partial charge in [-0.1, -0.05) is 48.5 Å². The van der Waals surface area contributed by atoms with Crippen LogP contribution in [0.25, 0.3) is 11.1 Å². The van der Waals surface area contributed by atoms with Gasteiger partial charge in [0.1, 0.15) is 11.5 Å². The summed E-state index contributed by atoms with van der Waals surface area (Å²) in [6.45, 7) is 3.56. The van der Waals surface area contributed by atoms with Crippen LogP contribution >= 0.6 is 0 Å². The van der Waals surface area contributed by atoms with Gasteiger partial charge in [0.15, 0.2) is 5.78 Å². The molecule has 1 aromatic heterocycles. The summed E-state index contributed by atoms with van der Waals surface area (Å²) in [7, 11) is 0. The van der Waals surface area contributed by atoms with E-state index >= 15 is 0 Å². The first-order valence-corrected chi connectivity index (χ1v) is 7.88. The number of carbonyl (C=O) groups excluding carboxylic acids is 1. The molecule has 1 heterocycles. The van der Waals surface area contributed by atoms with Gasteiger partial charge in [0.05, 0.1) is 0 Å². The number of Topliss-reactive ketones (excluding diaryl/α,β-unsaturated/α-hetero) is 1. The Morgan fingerprint density at radius 3 is 2.48 bits per heavy atom. The van der Waals surface area contributed by atoms with E-state index in [0.717, 1.165) is 41.1 Å². The van der Waals surface area contributed by atoms with Crippen molar-refractivity contribution in [1.82, 2.24) is 0 Å². The molecule has 2 heteroatoms. The highest BCUT2D eigenvalue weighted by Gasteiger charge is 2.12. The lowest BCUT2D eigenvalue weighted by Crippen LogP contribution is -1.94. The predicted molar refractivity (Wildman–Crippen MR) is 92.7 cm³/mol. The van der Waals surface area contributed by atoms with Gasteiger partial charge in [-0.15, -0.1) is 0 Å². The highest BCUT2D eigenvalue weighted by molar-refractivity contribution is 5.95. The number of hydrogen-bond acceptors (Lipinski definition) is 2. The molecule has 3 aromatic rings. The summed E-state index contributed by atoms with van der Waals surface area (Å²) in [6.07, 6.45) is 1.78. The van der Waals surface area contributed by atoms with Gasteiger partial charge in [0, 0.05) is 17.5 Å². The molecule has 0 N–H and O–H groups in total. The highest BCUT2D eigenvalue weighted by Crippen LogP contribution is 2.29. The summed E-state index contributed by atoms with van der Waals surface area (Å²) in [5.74, 6) is 1.96. The van der Waals surface area contributed by atoms with E-state index in [9.17, 15) is 4.79 Å². The van der Waals surface area contributed by atoms with Gasteiger partial charge in [0.25, 0.3) is 0 Å². The largest absolute Gasteiger partial charge is 0.466 e. The standard InChI is InChI=1S/C21H20O2/c1-15-13-20(19-10-6-9-18(14-19)16(2)22)21(23-15)12-11-17-7-4-3-5-8-17/h3-10,13-14H,11-12H2,1-2H3. The van der Waals surface area contributed by atoms with Crippen LogP contribution in [0.4, 0.5) is 0 Å². The lowest BCUT2D eigenvalue weighted by atomic mass is 9.99. The fraction of sp³-hybridized carbons (Fsp3) is 0.190. The van der Waals surface area contributed by atoms with E-state index in [4.69, 9.17) is 4.42 Å². The van der Waals surface area contributed by atoms with Crippen molar-refractivity contribution in [1.29, 1.82) is 0 Å². The van der Waals surface area contributed by atoms with E-state index in [1.165, 1.54) is 5.56 Å². The molecule has 116 valence electrons. The predicted octanol–water partition coefficient (Wildman–Crippen LogP) is 5.24. The molecule has 2 aromatic carbocycles. The molecule has 0 aliphatic carbocycles. The molecule has 0 fully saturated rings. The molecule has 0 aliphatic heterocycles. The molecule has 23 heavy (non-hydrogen) atoms. The van der Waals surface area contributed by atoms with Gasteiger partial charge in [-0.05, 0) is 43.5 Å². The summed E-state index contributed by atoms with van der Waals surface area (Å²) < 4.78 is 5.91. The van der Waals surface area contributed by atoms with E-state index in [1.54, 1.807) is 6.92 Å². The van der Waals surface area contributed by atoms with Crippen molar-refractivity contribution >= 4 is 5.78 Å². The molecular weight excluding hydrogens is 284 g/mol. The highest BCUT2D eigenvalue weighted by atomic mass is 16.3. The number of hydrogen-bond donors (Lipinski definition) is 0. The maximum atomic E-state index is 11.6. The zero-order valence-electron chi connectivity index (χ0n) is 13.5. The second kappa shape index (κ2) is 6.66. The fourth-order valence-electron chi connectivity index (χ4n) is 2.80. The molecule has 0 saturated carbocycles. The molecule has 0 spiro atoms. The molecule has 0 bridgehead atoms. The third kappa shape index (κ3) is 3.59. The van der Waals surface area contributed by atoms with E-state index in [-0.39, 0.29) is 5.78 Å². The van der Waals surface area contributed by atoms with Gasteiger partial charge in [-0.2, -0.15) is 0 Å². The van der Waals surface area contributed by atoms with Crippen molar-refractivity contribution in [2.75, 3.05) is 0 Å². The smallest absolute Gasteiger partial charge is 0.159 e. The number of ketones is 1. The lowest BCUT2D eigenvalue weighted by Gasteiger charge is -2.05. The van der Waals surface area contributed by atoms with Crippen LogP contribution in [0, 0.1) is 6.92 Å². The van der Waals surface area contributed by atoms with Crippen molar-refractivity contribution in [2.45, 2.75) is 26.7 Å². The first-order valence-electron chi connectivity index (χ1n) is 7.88. The van der Waals surface area contributed by atoms with Crippen molar-refractivity contribution in [3.8, 4) is 11.1 Å². The van der Waals surface area contributed by atoms with Gasteiger partial charge >= 0.3 is 0 Å². The lowest BCUT2D eigenvalue weighted by molar-refractivity contribution is 0.101. The second-order valence-electron chi connectivity index (χ2n) is 5.82. The third-order valence-electron chi connectivity index (χ3n) is 4.00. The van der Waals surface area contributed by atoms with Crippen molar-refractivity contribution in [2.24, 2.45) is 0 Å². The average molecular weight is 304 g/mol. The van der Waals surface area contributed by atoms with Crippen molar-refractivity contribution in [3.05, 3.63) is 83.3 Å². The van der Waals surface area contributed by atoms with Crippen LogP contribution in [0.5, 0.6) is 0 Å². The molecule has 2 nitrogen and oxygen atoms in total. The molecular formula is C21H20O2. The number of aryl methyl sites for hydroxylation is 3. The Labute approximate surface area is 136 Å². The summed E-state index contributed by atoms with van der Waals surface area (Å²) in [6, 6.07) is 20.2. The minimum atomic E-state index is 0.0814. The molecule has 0 unspecified atom stereocenters. The Bertz CT molecular complexity index is 813. The van der Waals surface area contributed by atoms with Crippen LogP contribution in [-0.4, -0.2) is 5.78 Å². The van der Waals surface area contributed by atoms with Gasteiger partial charge in [-0.25, -0.2) is 0 Å². The molecule has 0 saturated heterocycles. The van der Waals surface area contributed by atoms with Crippen LogP contribution in [0.15, 0.2) is 65.1 Å². The average Bonchev–Trinajstić information content (AvgIpc) is 2.95. The van der Waals surface area contributed by atoms with Crippen LogP contribution in [-0.2, 0) is 12.8 Å². The van der Waals surface area contributed by atoms with Gasteiger partial charge < -0.3 is 4.42 Å². The molecule has 0 amide bonds. The third-order valence-corrected chi connectivity index (χ3v) is 4.00. The normalized spacial score (nSPS) is 10.7. The first-order chi connectivity index (χ1) is 11.1. The summed E-state index contributed by atoms with van der Waals surface area (Å²) in [5, 5.41) is 0. The van der Waals surface area contributed by atoms with E-state index in [1.807, 2.05) is 37.3 Å². The van der Waals surface area contributed by atoms with Crippen LogP contribution < -0.4 is 0 Å². The molecule has 0 radical (unpaired) electrons. The van der Waals surface area contributed by atoms with E-state index < -0.39 is 0 Å². The van der Waals surface area contributed by atoms with Crippen molar-refractivity contribution in [3.63, 3.8) is 0 Å². The van der Waals surface area contributed by atoms with Gasteiger partial charge in [-0.3, -0.25) is 4.79 Å². The van der Waals surface area contributed by atoms with Crippen LogP contribution in [0.1, 0.15) is 34.4 Å². The summed E-state index contributed by atoms with van der Waals surface area (Å²) in [4.78, 5) is 11.6. The van der Waals surface area contributed by atoms with E-state index in [2.05, 4.69) is 30.3 Å². The second-order valence-corrected chi connectivity index (χ2v) is 5.82. The Hall–Kier alpha value is -2.61. The SMILES string of the molecule is CC(=O)c1cccc(-c2cc(C)oc2CCc2ccccc2)c1. The summed E-state index contributed by atoms with van der Waals surface area (Å²) >= 11 is 0. The number of rotatable bonds is 5. The zero-order chi connectivity index (χ0) is 16.2. The molecule has 0 aliphatic rings. The van der Waals surface area contributed by atoms with Gasteiger partial charge in [0.2, 0.25) is 0 Å².